The molecule has 1 fully saturated rings. The summed E-state index contributed by atoms with van der Waals surface area (Å²) >= 11 is 5.83. The van der Waals surface area contributed by atoms with Gasteiger partial charge in [-0.3, -0.25) is 9.36 Å². The maximum atomic E-state index is 14.6. The lowest BCUT2D eigenvalue weighted by atomic mass is 10.2. The van der Waals surface area contributed by atoms with E-state index >= 15 is 0 Å². The van der Waals surface area contributed by atoms with Gasteiger partial charge in [0, 0.05) is 6.42 Å². The van der Waals surface area contributed by atoms with E-state index in [4.69, 9.17) is 26.8 Å². The maximum Gasteiger partial charge on any atom is 0.335 e. The third kappa shape index (κ3) is 4.54. The number of nitrogens with zero attached hydrogens (tertiary/aromatic N) is 4. The molecule has 0 amide bonds. The van der Waals surface area contributed by atoms with Gasteiger partial charge < -0.3 is 24.7 Å². The summed E-state index contributed by atoms with van der Waals surface area (Å²) in [7, 11) is 2.35. The minimum Gasteiger partial charge on any atom is -0.469 e. The van der Waals surface area contributed by atoms with Crippen LogP contribution in [0.3, 0.4) is 0 Å². The van der Waals surface area contributed by atoms with Gasteiger partial charge in [-0.2, -0.15) is 9.97 Å². The quantitative estimate of drug-likeness (QED) is 0.494. The molecule has 3 rings (SSSR count). The Balaban J connectivity index is 1.69. The number of anilines is 1. The van der Waals surface area contributed by atoms with Gasteiger partial charge in [-0.1, -0.05) is 0 Å². The van der Waals surface area contributed by atoms with Gasteiger partial charge in [-0.25, -0.2) is 14.2 Å². The molecule has 2 aromatic rings. The van der Waals surface area contributed by atoms with E-state index in [1.54, 1.807) is 0 Å². The molecule has 0 saturated carbocycles. The van der Waals surface area contributed by atoms with E-state index in [1.165, 1.54) is 25.1 Å². The van der Waals surface area contributed by atoms with E-state index in [2.05, 4.69) is 24.4 Å². The van der Waals surface area contributed by atoms with Crippen molar-refractivity contribution in [3.05, 3.63) is 11.6 Å². The van der Waals surface area contributed by atoms with E-state index < -0.39 is 36.5 Å². The Labute approximate surface area is 169 Å². The first kappa shape index (κ1) is 21.1. The summed E-state index contributed by atoms with van der Waals surface area (Å²) in [6.07, 6.45) is -3.34. The lowest BCUT2D eigenvalue weighted by molar-refractivity contribution is -0.163. The smallest absolute Gasteiger partial charge is 0.335 e. The highest BCUT2D eigenvalue weighted by atomic mass is 35.5. The molecule has 0 aromatic carbocycles. The van der Waals surface area contributed by atoms with Crippen molar-refractivity contribution in [2.45, 2.75) is 37.4 Å². The van der Waals surface area contributed by atoms with Crippen molar-refractivity contribution in [3.63, 3.8) is 0 Å². The number of nitrogens with two attached hydrogens (primary N) is 1. The molecule has 29 heavy (non-hydrogen) atoms. The number of methoxy groups -OCH3 is 2. The first-order valence-electron chi connectivity index (χ1n) is 8.55. The van der Waals surface area contributed by atoms with E-state index in [0.29, 0.717) is 0 Å². The number of carbonyl (C=O) groups is 2. The molecule has 0 bridgehead atoms. The molecular formula is C16H19ClFN5O6. The van der Waals surface area contributed by atoms with Crippen LogP contribution in [0.1, 0.15) is 19.1 Å². The molecule has 2 aromatic heterocycles. The maximum absolute atomic E-state index is 14.6. The Morgan fingerprint density at radius 3 is 2.86 bits per heavy atom. The monoisotopic (exact) mass is 431 g/mol. The molecule has 1 saturated heterocycles. The number of esters is 2. The number of nitrogen functional groups attached to an aromatic ring is 1. The van der Waals surface area contributed by atoms with Crippen LogP contribution < -0.4 is 5.73 Å². The third-order valence-electron chi connectivity index (χ3n) is 4.35. The summed E-state index contributed by atoms with van der Waals surface area (Å²) in [5.41, 5.74) is 6.26. The molecule has 1 aliphatic heterocycles. The topological polar surface area (TPSA) is 141 Å². The van der Waals surface area contributed by atoms with Gasteiger partial charge in [-0.05, 0) is 11.6 Å². The van der Waals surface area contributed by atoms with Gasteiger partial charge in [-0.15, -0.1) is 0 Å². The van der Waals surface area contributed by atoms with Crippen LogP contribution in [0.25, 0.3) is 11.2 Å². The fourth-order valence-electron chi connectivity index (χ4n) is 2.95. The molecule has 1 aliphatic rings. The minimum absolute atomic E-state index is 0.00917. The van der Waals surface area contributed by atoms with Crippen LogP contribution in [0.2, 0.25) is 5.28 Å². The molecule has 3 heterocycles. The fraction of sp³-hybridized carbons (Fsp3) is 0.562. The Hall–Kier alpha value is -2.57. The standard InChI is InChI=1S/C16H19ClFN5O6/c1-26-10(24)4-9(15(25)27-2)28-5-7-3-8(18)14(29-7)23-6-20-11-12(19)21-16(17)22-13(11)23/h6-9,14H,3-5H2,1-2H3,(H2,19,21,22)/t7-,8-,9?,14+/m0/s1. The minimum atomic E-state index is -1.41. The number of rotatable bonds is 7. The Kier molecular flexibility index (Phi) is 6.45. The molecule has 2 N–H and O–H groups in total. The highest BCUT2D eigenvalue weighted by Gasteiger charge is 2.39. The van der Waals surface area contributed by atoms with E-state index in [9.17, 15) is 14.0 Å². The lowest BCUT2D eigenvalue weighted by Gasteiger charge is -2.18. The van der Waals surface area contributed by atoms with E-state index in [0.717, 1.165) is 0 Å². The summed E-state index contributed by atoms with van der Waals surface area (Å²) in [6, 6.07) is 0. The molecule has 1 unspecified atom stereocenters. The van der Waals surface area contributed by atoms with Crippen molar-refractivity contribution in [2.24, 2.45) is 0 Å². The molecule has 158 valence electrons. The van der Waals surface area contributed by atoms with Crippen molar-refractivity contribution < 1.29 is 32.9 Å². The van der Waals surface area contributed by atoms with Crippen LogP contribution in [0.4, 0.5) is 10.2 Å². The zero-order chi connectivity index (χ0) is 21.1. The van der Waals surface area contributed by atoms with Crippen molar-refractivity contribution in [2.75, 3.05) is 26.6 Å². The average molecular weight is 432 g/mol. The summed E-state index contributed by atoms with van der Waals surface area (Å²) < 4.78 is 36.3. The second kappa shape index (κ2) is 8.84. The Bertz CT molecular complexity index is 911. The van der Waals surface area contributed by atoms with Gasteiger partial charge in [0.15, 0.2) is 23.8 Å². The number of aromatic nitrogens is 4. The zero-order valence-electron chi connectivity index (χ0n) is 15.6. The number of fused-ring (bicyclic) bond motifs is 1. The van der Waals surface area contributed by atoms with Crippen LogP contribution >= 0.6 is 11.6 Å². The average Bonchev–Trinajstić information content (AvgIpc) is 3.27. The third-order valence-corrected chi connectivity index (χ3v) is 4.52. The predicted octanol–water partition coefficient (Wildman–Crippen LogP) is 0.809. The molecule has 4 atom stereocenters. The highest BCUT2D eigenvalue weighted by Crippen LogP contribution is 2.34. The normalized spacial score (nSPS) is 22.6. The van der Waals surface area contributed by atoms with Gasteiger partial charge in [0.1, 0.15) is 11.7 Å². The lowest BCUT2D eigenvalue weighted by Crippen LogP contribution is -2.32. The van der Waals surface area contributed by atoms with Crippen LogP contribution in [0.15, 0.2) is 6.33 Å². The summed E-state index contributed by atoms with van der Waals surface area (Å²) in [5, 5.41) is -0.103. The van der Waals surface area contributed by atoms with Crippen LogP contribution in [0, 0.1) is 0 Å². The SMILES string of the molecule is COC(=O)CC(OC[C@@H]1C[C@H](F)[C@H](n2cnc3c(N)nc(Cl)nc32)O1)C(=O)OC. The molecule has 0 aliphatic carbocycles. The van der Waals surface area contributed by atoms with Gasteiger partial charge in [0.05, 0.1) is 39.7 Å². The predicted molar refractivity (Wildman–Crippen MR) is 96.6 cm³/mol. The number of alkyl halides is 1. The summed E-state index contributed by atoms with van der Waals surface area (Å²) in [4.78, 5) is 35.1. The van der Waals surface area contributed by atoms with Crippen molar-refractivity contribution >= 4 is 40.5 Å². The number of hydrogen-bond donors (Lipinski definition) is 1. The van der Waals surface area contributed by atoms with E-state index in [1.807, 2.05) is 0 Å². The fourth-order valence-corrected chi connectivity index (χ4v) is 3.12. The van der Waals surface area contributed by atoms with E-state index in [-0.39, 0.29) is 41.7 Å². The number of halogens is 2. The molecule has 11 nitrogen and oxygen atoms in total. The highest BCUT2D eigenvalue weighted by molar-refractivity contribution is 6.28. The van der Waals surface area contributed by atoms with Crippen molar-refractivity contribution in [1.29, 1.82) is 0 Å². The van der Waals surface area contributed by atoms with Crippen LogP contribution in [-0.2, 0) is 28.5 Å². The zero-order valence-corrected chi connectivity index (χ0v) is 16.3. The van der Waals surface area contributed by atoms with Gasteiger partial charge >= 0.3 is 11.9 Å². The Morgan fingerprint density at radius 1 is 1.41 bits per heavy atom. The number of carbonyl (C=O) groups excluding carboxylic acids is 2. The van der Waals surface area contributed by atoms with Crippen LogP contribution in [-0.4, -0.2) is 70.7 Å². The number of imidazole rings is 1. The number of hydrogen-bond acceptors (Lipinski definition) is 10. The van der Waals surface area contributed by atoms with Crippen LogP contribution in [0.5, 0.6) is 0 Å². The van der Waals surface area contributed by atoms with Gasteiger partial charge in [0.2, 0.25) is 5.28 Å². The van der Waals surface area contributed by atoms with Crippen molar-refractivity contribution in [3.8, 4) is 0 Å². The second-order valence-electron chi connectivity index (χ2n) is 6.23. The summed E-state index contributed by atoms with van der Waals surface area (Å²) in [5.74, 6) is -1.33. The Morgan fingerprint density at radius 2 is 2.17 bits per heavy atom. The molecule has 0 spiro atoms. The molecular weight excluding hydrogens is 413 g/mol. The summed E-state index contributed by atoms with van der Waals surface area (Å²) in [6.45, 7) is -0.141. The second-order valence-corrected chi connectivity index (χ2v) is 6.57. The first-order valence-corrected chi connectivity index (χ1v) is 8.93. The molecule has 0 radical (unpaired) electrons. The number of ether oxygens (including phenoxy) is 4. The largest absolute Gasteiger partial charge is 0.469 e. The molecule has 13 heteroatoms. The van der Waals surface area contributed by atoms with Crippen molar-refractivity contribution in [1.82, 2.24) is 19.5 Å². The van der Waals surface area contributed by atoms with Gasteiger partial charge in [0.25, 0.3) is 0 Å². The first-order chi connectivity index (χ1) is 13.8.